The van der Waals surface area contributed by atoms with Crippen molar-refractivity contribution in [2.24, 2.45) is 5.16 Å². The van der Waals surface area contributed by atoms with E-state index in [1.807, 2.05) is 91.8 Å². The molecule has 35 heavy (non-hydrogen) atoms. The SMILES string of the molecule is CN(C)c1ccc(C2=NOC(CN(Cc3ccccc3)C(=O)c3cccc4ccccc34)C2)cc1. The molecule has 0 bridgehead atoms. The molecule has 4 aromatic rings. The molecule has 4 aromatic carbocycles. The number of hydrogen-bond acceptors (Lipinski definition) is 4. The summed E-state index contributed by atoms with van der Waals surface area (Å²) < 4.78 is 0. The summed E-state index contributed by atoms with van der Waals surface area (Å²) in [7, 11) is 4.05. The van der Waals surface area contributed by atoms with Gasteiger partial charge < -0.3 is 14.6 Å². The standard InChI is InChI=1S/C30H29N3O2/c1-32(2)25-17-15-24(16-18-25)29-19-26(35-31-29)21-33(20-22-9-4-3-5-10-22)30(34)28-14-8-12-23-11-6-7-13-27(23)28/h3-18,26H,19-21H2,1-2H3. The fraction of sp³-hybridized carbons (Fsp3) is 0.200. The number of rotatable bonds is 7. The maximum atomic E-state index is 13.8. The lowest BCUT2D eigenvalue weighted by Gasteiger charge is -2.25. The monoisotopic (exact) mass is 463 g/mol. The van der Waals surface area contributed by atoms with E-state index in [1.54, 1.807) is 0 Å². The minimum absolute atomic E-state index is 0.00182. The number of carbonyl (C=O) groups excluding carboxylic acids is 1. The number of hydrogen-bond donors (Lipinski definition) is 0. The van der Waals surface area contributed by atoms with Crippen molar-refractivity contribution in [3.63, 3.8) is 0 Å². The molecule has 1 unspecified atom stereocenters. The van der Waals surface area contributed by atoms with Gasteiger partial charge in [-0.3, -0.25) is 4.79 Å². The van der Waals surface area contributed by atoms with E-state index in [4.69, 9.17) is 4.84 Å². The highest BCUT2D eigenvalue weighted by Gasteiger charge is 2.28. The molecule has 176 valence electrons. The third-order valence-electron chi connectivity index (χ3n) is 6.40. The van der Waals surface area contributed by atoms with E-state index in [0.29, 0.717) is 25.1 Å². The van der Waals surface area contributed by atoms with Gasteiger partial charge in [-0.25, -0.2) is 0 Å². The summed E-state index contributed by atoms with van der Waals surface area (Å²) in [6, 6.07) is 32.3. The van der Waals surface area contributed by atoms with E-state index >= 15 is 0 Å². The average molecular weight is 464 g/mol. The first-order chi connectivity index (χ1) is 17.1. The minimum Gasteiger partial charge on any atom is -0.390 e. The lowest BCUT2D eigenvalue weighted by Crippen LogP contribution is -2.37. The van der Waals surface area contributed by atoms with Gasteiger partial charge in [-0.05, 0) is 40.1 Å². The van der Waals surface area contributed by atoms with E-state index in [2.05, 4.69) is 34.3 Å². The third-order valence-corrected chi connectivity index (χ3v) is 6.40. The van der Waals surface area contributed by atoms with Crippen LogP contribution in [0, 0.1) is 0 Å². The van der Waals surface area contributed by atoms with Crippen molar-refractivity contribution >= 4 is 28.1 Å². The largest absolute Gasteiger partial charge is 0.390 e. The molecule has 5 heteroatoms. The molecule has 0 aliphatic carbocycles. The molecular formula is C30H29N3O2. The number of carbonyl (C=O) groups is 1. The maximum Gasteiger partial charge on any atom is 0.254 e. The van der Waals surface area contributed by atoms with Crippen LogP contribution in [0.4, 0.5) is 5.69 Å². The Hall–Kier alpha value is -4.12. The fourth-order valence-corrected chi connectivity index (χ4v) is 4.50. The zero-order valence-corrected chi connectivity index (χ0v) is 20.1. The summed E-state index contributed by atoms with van der Waals surface area (Å²) in [6.07, 6.45) is 0.469. The van der Waals surface area contributed by atoms with Gasteiger partial charge in [0.1, 0.15) is 0 Å². The van der Waals surface area contributed by atoms with Crippen molar-refractivity contribution in [1.29, 1.82) is 0 Å². The molecule has 1 aliphatic rings. The molecule has 0 N–H and O–H groups in total. The Morgan fingerprint density at radius 3 is 2.37 bits per heavy atom. The first kappa shape index (κ1) is 22.7. The van der Waals surface area contributed by atoms with Gasteiger partial charge in [0, 0.05) is 38.3 Å². The highest BCUT2D eigenvalue weighted by atomic mass is 16.6. The fourth-order valence-electron chi connectivity index (χ4n) is 4.50. The Labute approximate surface area is 206 Å². The predicted molar refractivity (Wildman–Crippen MR) is 142 cm³/mol. The van der Waals surface area contributed by atoms with E-state index in [9.17, 15) is 4.79 Å². The van der Waals surface area contributed by atoms with Gasteiger partial charge in [-0.2, -0.15) is 0 Å². The second-order valence-corrected chi connectivity index (χ2v) is 9.11. The molecule has 1 amide bonds. The third kappa shape index (κ3) is 5.04. The smallest absolute Gasteiger partial charge is 0.254 e. The van der Waals surface area contributed by atoms with Gasteiger partial charge in [0.15, 0.2) is 6.10 Å². The van der Waals surface area contributed by atoms with Gasteiger partial charge in [-0.15, -0.1) is 0 Å². The number of nitrogens with zero attached hydrogens (tertiary/aromatic N) is 3. The van der Waals surface area contributed by atoms with Crippen LogP contribution in [0.15, 0.2) is 102 Å². The van der Waals surface area contributed by atoms with Gasteiger partial charge in [0.25, 0.3) is 5.91 Å². The van der Waals surface area contributed by atoms with Crippen molar-refractivity contribution in [1.82, 2.24) is 4.90 Å². The number of oxime groups is 1. The molecule has 1 heterocycles. The zero-order chi connectivity index (χ0) is 24.2. The van der Waals surface area contributed by atoms with Gasteiger partial charge in [-0.1, -0.05) is 84.0 Å². The zero-order valence-electron chi connectivity index (χ0n) is 20.1. The molecule has 1 atom stereocenters. The second-order valence-electron chi connectivity index (χ2n) is 9.11. The van der Waals surface area contributed by atoms with Crippen LogP contribution in [0.25, 0.3) is 10.8 Å². The van der Waals surface area contributed by atoms with Crippen molar-refractivity contribution < 1.29 is 9.63 Å². The van der Waals surface area contributed by atoms with Crippen molar-refractivity contribution in [2.45, 2.75) is 19.1 Å². The van der Waals surface area contributed by atoms with Crippen LogP contribution in [0.2, 0.25) is 0 Å². The lowest BCUT2D eigenvalue weighted by molar-refractivity contribution is 0.0406. The Kier molecular flexibility index (Phi) is 6.49. The van der Waals surface area contributed by atoms with Gasteiger partial charge >= 0.3 is 0 Å². The molecule has 0 spiro atoms. The molecule has 5 rings (SSSR count). The van der Waals surface area contributed by atoms with E-state index in [0.717, 1.165) is 33.3 Å². The van der Waals surface area contributed by atoms with Gasteiger partial charge in [0.2, 0.25) is 0 Å². The summed E-state index contributed by atoms with van der Waals surface area (Å²) in [5.41, 5.74) is 4.89. The minimum atomic E-state index is -0.193. The van der Waals surface area contributed by atoms with Crippen LogP contribution < -0.4 is 4.90 Å². The molecule has 0 saturated carbocycles. The Bertz CT molecular complexity index is 1340. The number of fused-ring (bicyclic) bond motifs is 1. The summed E-state index contributed by atoms with van der Waals surface area (Å²) in [4.78, 5) is 23.6. The summed E-state index contributed by atoms with van der Waals surface area (Å²) >= 11 is 0. The van der Waals surface area contributed by atoms with Crippen LogP contribution in [-0.4, -0.2) is 43.3 Å². The summed E-state index contributed by atoms with van der Waals surface area (Å²) in [5, 5.41) is 6.39. The molecular weight excluding hydrogens is 434 g/mol. The van der Waals surface area contributed by atoms with Crippen molar-refractivity contribution in [3.05, 3.63) is 114 Å². The molecule has 0 radical (unpaired) electrons. The highest BCUT2D eigenvalue weighted by molar-refractivity contribution is 6.07. The summed E-state index contributed by atoms with van der Waals surface area (Å²) in [6.45, 7) is 0.968. The second kappa shape index (κ2) is 10.0. The number of amides is 1. The predicted octanol–water partition coefficient (Wildman–Crippen LogP) is 5.74. The van der Waals surface area contributed by atoms with E-state index in [-0.39, 0.29) is 12.0 Å². The molecule has 0 saturated heterocycles. The molecule has 1 aliphatic heterocycles. The van der Waals surface area contributed by atoms with Crippen molar-refractivity contribution in [3.8, 4) is 0 Å². The normalized spacial score (nSPS) is 14.9. The highest BCUT2D eigenvalue weighted by Crippen LogP contribution is 2.24. The Morgan fingerprint density at radius 2 is 1.60 bits per heavy atom. The average Bonchev–Trinajstić information content (AvgIpc) is 3.37. The summed E-state index contributed by atoms with van der Waals surface area (Å²) in [5.74, 6) is -0.00182. The molecule has 5 nitrogen and oxygen atoms in total. The van der Waals surface area contributed by atoms with Crippen LogP contribution in [-0.2, 0) is 11.4 Å². The quantitative estimate of drug-likeness (QED) is 0.351. The van der Waals surface area contributed by atoms with E-state index in [1.165, 1.54) is 0 Å². The lowest BCUT2D eigenvalue weighted by atomic mass is 10.0. The maximum absolute atomic E-state index is 13.8. The topological polar surface area (TPSA) is 45.1 Å². The van der Waals surface area contributed by atoms with Crippen LogP contribution in [0.1, 0.15) is 27.9 Å². The number of anilines is 1. The Balaban J connectivity index is 1.37. The first-order valence-corrected chi connectivity index (χ1v) is 11.9. The first-order valence-electron chi connectivity index (χ1n) is 11.9. The van der Waals surface area contributed by atoms with Gasteiger partial charge in [0.05, 0.1) is 12.3 Å². The van der Waals surface area contributed by atoms with Crippen LogP contribution >= 0.6 is 0 Å². The van der Waals surface area contributed by atoms with Crippen molar-refractivity contribution in [2.75, 3.05) is 25.5 Å². The van der Waals surface area contributed by atoms with Crippen LogP contribution in [0.3, 0.4) is 0 Å². The van der Waals surface area contributed by atoms with E-state index < -0.39 is 0 Å². The van der Waals surface area contributed by atoms with Crippen LogP contribution in [0.5, 0.6) is 0 Å². The Morgan fingerprint density at radius 1 is 0.886 bits per heavy atom. The molecule has 0 fully saturated rings. The molecule has 0 aromatic heterocycles. The number of benzene rings is 4.